The molecule has 21 heavy (non-hydrogen) atoms. The van der Waals surface area contributed by atoms with Gasteiger partial charge >= 0.3 is 6.18 Å². The molecule has 112 valence electrons. The van der Waals surface area contributed by atoms with Crippen molar-refractivity contribution >= 4 is 11.8 Å². The van der Waals surface area contributed by atoms with Gasteiger partial charge in [-0.25, -0.2) is 0 Å². The van der Waals surface area contributed by atoms with E-state index in [4.69, 9.17) is 0 Å². The molecule has 2 aromatic rings. The number of hydrogen-bond acceptors (Lipinski definition) is 2. The molecular formula is C15H14F3NOS. The first-order valence-corrected chi connectivity index (χ1v) is 7.56. The van der Waals surface area contributed by atoms with Gasteiger partial charge in [0.1, 0.15) is 0 Å². The third-order valence-electron chi connectivity index (χ3n) is 3.63. The molecule has 1 aliphatic heterocycles. The van der Waals surface area contributed by atoms with E-state index in [2.05, 4.69) is 12.1 Å². The zero-order valence-corrected chi connectivity index (χ0v) is 11.9. The molecular weight excluding hydrogens is 299 g/mol. The Balaban J connectivity index is 1.74. The van der Waals surface area contributed by atoms with Gasteiger partial charge in [-0.05, 0) is 17.7 Å². The van der Waals surface area contributed by atoms with Gasteiger partial charge in [-0.3, -0.25) is 0 Å². The van der Waals surface area contributed by atoms with Gasteiger partial charge in [0.2, 0.25) is 0 Å². The summed E-state index contributed by atoms with van der Waals surface area (Å²) in [4.78, 5) is 1.24. The molecule has 0 radical (unpaired) electrons. The second-order valence-corrected chi connectivity index (χ2v) is 6.19. The second kappa shape index (κ2) is 5.42. The molecule has 0 aliphatic carbocycles. The fourth-order valence-corrected chi connectivity index (χ4v) is 3.80. The molecule has 2 heterocycles. The minimum absolute atomic E-state index is 0.110. The van der Waals surface area contributed by atoms with Crippen LogP contribution in [0.2, 0.25) is 0 Å². The van der Waals surface area contributed by atoms with Gasteiger partial charge in [0.15, 0.2) is 6.10 Å². The summed E-state index contributed by atoms with van der Waals surface area (Å²) in [7, 11) is 0. The molecule has 6 heteroatoms. The molecule has 0 fully saturated rings. The van der Waals surface area contributed by atoms with Gasteiger partial charge < -0.3 is 9.67 Å². The number of thioether (sulfide) groups is 1. The fourth-order valence-electron chi connectivity index (χ4n) is 2.56. The Labute approximate surface area is 124 Å². The summed E-state index contributed by atoms with van der Waals surface area (Å²) in [6.07, 6.45) is -4.06. The number of alkyl halides is 3. The lowest BCUT2D eigenvalue weighted by molar-refractivity contribution is -0.206. The number of benzene rings is 1. The van der Waals surface area contributed by atoms with Crippen LogP contribution in [0.25, 0.3) is 0 Å². The van der Waals surface area contributed by atoms with E-state index in [0.29, 0.717) is 6.54 Å². The molecule has 0 amide bonds. The Morgan fingerprint density at radius 1 is 1.29 bits per heavy atom. The van der Waals surface area contributed by atoms with E-state index in [9.17, 15) is 18.3 Å². The molecule has 0 spiro atoms. The van der Waals surface area contributed by atoms with Crippen molar-refractivity contribution in [2.45, 2.75) is 29.6 Å². The van der Waals surface area contributed by atoms with E-state index in [-0.39, 0.29) is 11.5 Å². The summed E-state index contributed by atoms with van der Waals surface area (Å²) in [6, 6.07) is 9.42. The number of halogens is 3. The largest absolute Gasteiger partial charge is 0.418 e. The first-order chi connectivity index (χ1) is 9.95. The molecule has 2 unspecified atom stereocenters. The van der Waals surface area contributed by atoms with Crippen LogP contribution in [0.5, 0.6) is 0 Å². The summed E-state index contributed by atoms with van der Waals surface area (Å²) >= 11 is 1.77. The van der Waals surface area contributed by atoms with Gasteiger partial charge in [0, 0.05) is 41.1 Å². The summed E-state index contributed by atoms with van der Waals surface area (Å²) in [6.45, 7) is 0.620. The molecule has 0 saturated heterocycles. The van der Waals surface area contributed by atoms with E-state index in [1.807, 2.05) is 12.1 Å². The molecule has 2 atom stereocenters. The summed E-state index contributed by atoms with van der Waals surface area (Å²) in [5, 5.41) is 9.25. The summed E-state index contributed by atoms with van der Waals surface area (Å²) in [5.41, 5.74) is 1.13. The third-order valence-corrected chi connectivity index (χ3v) is 4.88. The van der Waals surface area contributed by atoms with Gasteiger partial charge in [0.25, 0.3) is 0 Å². The third kappa shape index (κ3) is 2.96. The highest BCUT2D eigenvalue weighted by atomic mass is 32.2. The van der Waals surface area contributed by atoms with Crippen LogP contribution in [0.1, 0.15) is 23.1 Å². The van der Waals surface area contributed by atoms with E-state index in [1.165, 1.54) is 22.7 Å². The minimum Gasteiger partial charge on any atom is -0.379 e. The smallest absolute Gasteiger partial charge is 0.379 e. The Bertz CT molecular complexity index is 638. The van der Waals surface area contributed by atoms with Crippen molar-refractivity contribution in [3.05, 3.63) is 53.9 Å². The second-order valence-electron chi connectivity index (χ2n) is 5.13. The lowest BCUT2D eigenvalue weighted by Gasteiger charge is -2.14. The molecule has 2 nitrogen and oxygen atoms in total. The number of aliphatic hydroxyl groups is 1. The van der Waals surface area contributed by atoms with Crippen LogP contribution in [0.3, 0.4) is 0 Å². The van der Waals surface area contributed by atoms with Crippen molar-refractivity contribution in [1.29, 1.82) is 0 Å². The average molecular weight is 313 g/mol. The molecule has 0 saturated carbocycles. The Morgan fingerprint density at radius 2 is 2.05 bits per heavy atom. The van der Waals surface area contributed by atoms with Crippen LogP contribution in [0.4, 0.5) is 13.2 Å². The maximum atomic E-state index is 12.5. The average Bonchev–Trinajstić information content (AvgIpc) is 3.05. The number of aromatic nitrogens is 1. The van der Waals surface area contributed by atoms with Crippen LogP contribution in [0.15, 0.2) is 47.6 Å². The normalized spacial score (nSPS) is 19.5. The van der Waals surface area contributed by atoms with Crippen LogP contribution in [0, 0.1) is 0 Å². The summed E-state index contributed by atoms with van der Waals surface area (Å²) < 4.78 is 39.2. The first kappa shape index (κ1) is 14.5. The molecule has 1 aromatic carbocycles. The molecule has 1 aliphatic rings. The number of rotatable bonds is 3. The summed E-state index contributed by atoms with van der Waals surface area (Å²) in [5.74, 6) is 1.21. The van der Waals surface area contributed by atoms with Crippen molar-refractivity contribution in [1.82, 2.24) is 4.57 Å². The van der Waals surface area contributed by atoms with Crippen molar-refractivity contribution < 1.29 is 18.3 Å². The van der Waals surface area contributed by atoms with E-state index in [0.717, 1.165) is 5.75 Å². The Kier molecular flexibility index (Phi) is 3.75. The highest BCUT2D eigenvalue weighted by Crippen LogP contribution is 2.40. The van der Waals surface area contributed by atoms with E-state index in [1.54, 1.807) is 22.5 Å². The lowest BCUT2D eigenvalue weighted by Crippen LogP contribution is -2.19. The zero-order chi connectivity index (χ0) is 15.0. The van der Waals surface area contributed by atoms with E-state index >= 15 is 0 Å². The van der Waals surface area contributed by atoms with Crippen molar-refractivity contribution in [2.75, 3.05) is 5.75 Å². The van der Waals surface area contributed by atoms with Gasteiger partial charge in [-0.2, -0.15) is 13.2 Å². The standard InChI is InChI=1S/C15H14F3NOS/c16-15(17,18)14(20)10-5-6-19(7-10)8-11-9-21-13-4-2-1-3-12(11)13/h1-7,11,14,20H,8-9H2. The number of fused-ring (bicyclic) bond motifs is 1. The highest BCUT2D eigenvalue weighted by molar-refractivity contribution is 7.99. The molecule has 3 rings (SSSR count). The predicted octanol–water partition coefficient (Wildman–Crippen LogP) is 3.97. The monoisotopic (exact) mass is 313 g/mol. The van der Waals surface area contributed by atoms with Gasteiger partial charge in [0.05, 0.1) is 0 Å². The first-order valence-electron chi connectivity index (χ1n) is 6.57. The van der Waals surface area contributed by atoms with Crippen LogP contribution in [-0.2, 0) is 6.54 Å². The molecule has 1 N–H and O–H groups in total. The van der Waals surface area contributed by atoms with Crippen LogP contribution < -0.4 is 0 Å². The van der Waals surface area contributed by atoms with Gasteiger partial charge in [-0.1, -0.05) is 18.2 Å². The fraction of sp³-hybridized carbons (Fsp3) is 0.333. The van der Waals surface area contributed by atoms with Crippen LogP contribution in [-0.4, -0.2) is 21.6 Å². The topological polar surface area (TPSA) is 25.2 Å². The maximum Gasteiger partial charge on any atom is 0.418 e. The molecule has 1 aromatic heterocycles. The zero-order valence-electron chi connectivity index (χ0n) is 11.0. The van der Waals surface area contributed by atoms with Crippen molar-refractivity contribution in [3.63, 3.8) is 0 Å². The number of aliphatic hydroxyl groups excluding tert-OH is 1. The molecule has 0 bridgehead atoms. The Morgan fingerprint density at radius 3 is 2.81 bits per heavy atom. The van der Waals surface area contributed by atoms with Crippen LogP contribution >= 0.6 is 11.8 Å². The lowest BCUT2D eigenvalue weighted by atomic mass is 10.0. The Hall–Kier alpha value is -1.40. The highest BCUT2D eigenvalue weighted by Gasteiger charge is 2.39. The number of hydrogen-bond donors (Lipinski definition) is 1. The van der Waals surface area contributed by atoms with Gasteiger partial charge in [-0.15, -0.1) is 11.8 Å². The SMILES string of the molecule is OC(c1ccn(CC2CSc3ccccc32)c1)C(F)(F)F. The van der Waals surface area contributed by atoms with Crippen molar-refractivity contribution in [2.24, 2.45) is 0 Å². The number of nitrogens with zero attached hydrogens (tertiary/aromatic N) is 1. The maximum absolute atomic E-state index is 12.5. The quantitative estimate of drug-likeness (QED) is 0.927. The minimum atomic E-state index is -4.62. The van der Waals surface area contributed by atoms with Crippen molar-refractivity contribution in [3.8, 4) is 0 Å². The predicted molar refractivity (Wildman–Crippen MR) is 75.4 cm³/mol. The van der Waals surface area contributed by atoms with E-state index < -0.39 is 12.3 Å².